The number of hydrogen-bond acceptors (Lipinski definition) is 5. The maximum absolute atomic E-state index is 13.5. The summed E-state index contributed by atoms with van der Waals surface area (Å²) in [6.45, 7) is 3.31. The van der Waals surface area contributed by atoms with E-state index in [0.29, 0.717) is 31.1 Å². The van der Waals surface area contributed by atoms with Gasteiger partial charge >= 0.3 is 0 Å². The van der Waals surface area contributed by atoms with Gasteiger partial charge in [-0.3, -0.25) is 4.79 Å². The van der Waals surface area contributed by atoms with Crippen molar-refractivity contribution < 1.29 is 13.9 Å². The standard InChI is InChI=1S/C19H22FN5O2/c1-14-4-5-16(20)10-15(14)12-24(3)18-6-7-25-19(22-18)17(11-21-25)27-9-8-23(2)13-26/h4-7,10-11,13H,8-9,12H2,1-3H3. The van der Waals surface area contributed by atoms with Crippen LogP contribution in [0.15, 0.2) is 36.7 Å². The van der Waals surface area contributed by atoms with Gasteiger partial charge in [0.2, 0.25) is 6.41 Å². The number of carbonyl (C=O) groups excluding carboxylic acids is 1. The van der Waals surface area contributed by atoms with Crippen LogP contribution in [0, 0.1) is 12.7 Å². The van der Waals surface area contributed by atoms with E-state index in [9.17, 15) is 9.18 Å². The van der Waals surface area contributed by atoms with E-state index >= 15 is 0 Å². The lowest BCUT2D eigenvalue weighted by atomic mass is 10.1. The van der Waals surface area contributed by atoms with E-state index in [4.69, 9.17) is 4.74 Å². The third kappa shape index (κ3) is 4.33. The van der Waals surface area contributed by atoms with Crippen molar-refractivity contribution in [2.45, 2.75) is 13.5 Å². The van der Waals surface area contributed by atoms with Crippen LogP contribution in [-0.2, 0) is 11.3 Å². The Morgan fingerprint density at radius 2 is 2.11 bits per heavy atom. The second-order valence-electron chi connectivity index (χ2n) is 6.42. The molecule has 0 aliphatic carbocycles. The van der Waals surface area contributed by atoms with Crippen molar-refractivity contribution in [1.82, 2.24) is 19.5 Å². The monoisotopic (exact) mass is 371 g/mol. The Morgan fingerprint density at radius 3 is 2.89 bits per heavy atom. The smallest absolute Gasteiger partial charge is 0.209 e. The van der Waals surface area contributed by atoms with Gasteiger partial charge in [-0.05, 0) is 36.2 Å². The number of likely N-dealkylation sites (N-methyl/N-ethyl adjacent to an activating group) is 1. The van der Waals surface area contributed by atoms with Crippen molar-refractivity contribution in [3.8, 4) is 5.75 Å². The average molecular weight is 371 g/mol. The SMILES string of the molecule is Cc1ccc(F)cc1CN(C)c1ccn2ncc(OCCN(C)C=O)c2n1. The number of amides is 1. The minimum Gasteiger partial charge on any atom is -0.486 e. The molecule has 0 aliphatic heterocycles. The highest BCUT2D eigenvalue weighted by Gasteiger charge is 2.12. The zero-order valence-corrected chi connectivity index (χ0v) is 15.6. The maximum atomic E-state index is 13.5. The molecule has 3 aromatic rings. The molecule has 0 aliphatic rings. The van der Waals surface area contributed by atoms with E-state index in [1.807, 2.05) is 24.9 Å². The highest BCUT2D eigenvalue weighted by molar-refractivity contribution is 5.56. The number of carbonyl (C=O) groups is 1. The fraction of sp³-hybridized carbons (Fsp3) is 0.316. The maximum Gasteiger partial charge on any atom is 0.209 e. The quantitative estimate of drug-likeness (QED) is 0.569. The lowest BCUT2D eigenvalue weighted by Gasteiger charge is -2.19. The number of hydrogen-bond donors (Lipinski definition) is 0. The normalized spacial score (nSPS) is 10.8. The molecule has 0 spiro atoms. The zero-order valence-electron chi connectivity index (χ0n) is 15.6. The molecule has 3 rings (SSSR count). The van der Waals surface area contributed by atoms with Crippen molar-refractivity contribution in [3.63, 3.8) is 0 Å². The first kappa shape index (κ1) is 18.6. The van der Waals surface area contributed by atoms with Gasteiger partial charge in [0, 0.05) is 26.8 Å². The Kier molecular flexibility index (Phi) is 5.54. The van der Waals surface area contributed by atoms with E-state index < -0.39 is 0 Å². The van der Waals surface area contributed by atoms with Gasteiger partial charge < -0.3 is 14.5 Å². The number of aromatic nitrogens is 3. The molecule has 0 unspecified atom stereocenters. The molecule has 0 saturated carbocycles. The molecule has 0 radical (unpaired) electrons. The number of nitrogens with zero attached hydrogens (tertiary/aromatic N) is 5. The number of aryl methyl sites for hydroxylation is 1. The van der Waals surface area contributed by atoms with Gasteiger partial charge in [-0.2, -0.15) is 5.10 Å². The first-order chi connectivity index (χ1) is 13.0. The Balaban J connectivity index is 1.77. The molecule has 1 aromatic carbocycles. The van der Waals surface area contributed by atoms with Crippen LogP contribution in [0.25, 0.3) is 5.65 Å². The fourth-order valence-corrected chi connectivity index (χ4v) is 2.65. The van der Waals surface area contributed by atoms with Crippen LogP contribution in [0.3, 0.4) is 0 Å². The van der Waals surface area contributed by atoms with Crippen molar-refractivity contribution in [3.05, 3.63) is 53.6 Å². The molecule has 8 heteroatoms. The third-order valence-corrected chi connectivity index (χ3v) is 4.31. The lowest BCUT2D eigenvalue weighted by Crippen LogP contribution is -2.22. The van der Waals surface area contributed by atoms with Gasteiger partial charge in [0.1, 0.15) is 18.2 Å². The lowest BCUT2D eigenvalue weighted by molar-refractivity contribution is -0.117. The van der Waals surface area contributed by atoms with Crippen LogP contribution < -0.4 is 9.64 Å². The Hall–Kier alpha value is -3.16. The number of fused-ring (bicyclic) bond motifs is 1. The molecule has 0 N–H and O–H groups in total. The molecule has 7 nitrogen and oxygen atoms in total. The Labute approximate surface area is 157 Å². The number of benzene rings is 1. The Bertz CT molecular complexity index is 943. The molecule has 27 heavy (non-hydrogen) atoms. The minimum absolute atomic E-state index is 0.251. The van der Waals surface area contributed by atoms with E-state index in [1.165, 1.54) is 11.0 Å². The summed E-state index contributed by atoms with van der Waals surface area (Å²) < 4.78 is 20.9. The topological polar surface area (TPSA) is 63.0 Å². The predicted octanol–water partition coefficient (Wildman–Crippen LogP) is 2.28. The van der Waals surface area contributed by atoms with Crippen molar-refractivity contribution in [2.24, 2.45) is 0 Å². The summed E-state index contributed by atoms with van der Waals surface area (Å²) in [5, 5.41) is 4.22. The van der Waals surface area contributed by atoms with Gasteiger partial charge in [0.15, 0.2) is 11.4 Å². The largest absolute Gasteiger partial charge is 0.486 e. The summed E-state index contributed by atoms with van der Waals surface area (Å²) in [5.41, 5.74) is 2.52. The van der Waals surface area contributed by atoms with Crippen LogP contribution in [0.2, 0.25) is 0 Å². The van der Waals surface area contributed by atoms with E-state index in [0.717, 1.165) is 23.4 Å². The summed E-state index contributed by atoms with van der Waals surface area (Å²) in [6.07, 6.45) is 4.15. The van der Waals surface area contributed by atoms with Crippen molar-refractivity contribution in [1.29, 1.82) is 0 Å². The highest BCUT2D eigenvalue weighted by atomic mass is 19.1. The van der Waals surface area contributed by atoms with Gasteiger partial charge in [0.05, 0.1) is 12.7 Å². The molecule has 0 fully saturated rings. The molecule has 1 amide bonds. The van der Waals surface area contributed by atoms with Crippen molar-refractivity contribution in [2.75, 3.05) is 32.1 Å². The highest BCUT2D eigenvalue weighted by Crippen LogP contribution is 2.22. The fourth-order valence-electron chi connectivity index (χ4n) is 2.65. The minimum atomic E-state index is -0.251. The molecular formula is C19H22FN5O2. The predicted molar refractivity (Wildman–Crippen MR) is 100 cm³/mol. The number of rotatable bonds is 8. The van der Waals surface area contributed by atoms with Gasteiger partial charge in [-0.1, -0.05) is 6.07 Å². The number of ether oxygens (including phenoxy) is 1. The molecule has 2 aromatic heterocycles. The van der Waals surface area contributed by atoms with Crippen molar-refractivity contribution >= 4 is 17.9 Å². The summed E-state index contributed by atoms with van der Waals surface area (Å²) in [7, 11) is 3.59. The second kappa shape index (κ2) is 8.03. The van der Waals surface area contributed by atoms with E-state index in [1.54, 1.807) is 36.1 Å². The molecule has 0 saturated heterocycles. The summed E-state index contributed by atoms with van der Waals surface area (Å²) in [4.78, 5) is 18.7. The van der Waals surface area contributed by atoms with E-state index in [-0.39, 0.29) is 5.82 Å². The van der Waals surface area contributed by atoms with Crippen LogP contribution in [0.5, 0.6) is 5.75 Å². The number of anilines is 1. The average Bonchev–Trinajstić information content (AvgIpc) is 3.06. The van der Waals surface area contributed by atoms with Crippen LogP contribution in [0.1, 0.15) is 11.1 Å². The van der Waals surface area contributed by atoms with Gasteiger partial charge in [0.25, 0.3) is 0 Å². The molecular weight excluding hydrogens is 349 g/mol. The molecule has 142 valence electrons. The van der Waals surface area contributed by atoms with Gasteiger partial charge in [-0.25, -0.2) is 13.9 Å². The van der Waals surface area contributed by atoms with Crippen LogP contribution >= 0.6 is 0 Å². The molecule has 2 heterocycles. The second-order valence-corrected chi connectivity index (χ2v) is 6.42. The summed E-state index contributed by atoms with van der Waals surface area (Å²) in [6, 6.07) is 6.62. The summed E-state index contributed by atoms with van der Waals surface area (Å²) in [5.74, 6) is 1.02. The number of halogens is 1. The first-order valence-corrected chi connectivity index (χ1v) is 8.57. The van der Waals surface area contributed by atoms with Crippen LogP contribution in [-0.4, -0.2) is 53.2 Å². The molecule has 0 bridgehead atoms. The van der Waals surface area contributed by atoms with E-state index in [2.05, 4.69) is 10.1 Å². The summed E-state index contributed by atoms with van der Waals surface area (Å²) >= 11 is 0. The third-order valence-electron chi connectivity index (χ3n) is 4.31. The first-order valence-electron chi connectivity index (χ1n) is 8.57. The molecule has 0 atom stereocenters. The van der Waals surface area contributed by atoms with Gasteiger partial charge in [-0.15, -0.1) is 0 Å². The van der Waals surface area contributed by atoms with Crippen LogP contribution in [0.4, 0.5) is 10.2 Å². The Morgan fingerprint density at radius 1 is 1.30 bits per heavy atom. The zero-order chi connectivity index (χ0) is 19.4.